The molecule has 0 radical (unpaired) electrons. The minimum atomic E-state index is -0.348. The first-order chi connectivity index (χ1) is 11.0. The van der Waals surface area contributed by atoms with Gasteiger partial charge in [0.25, 0.3) is 0 Å². The van der Waals surface area contributed by atoms with Crippen molar-refractivity contribution in [2.24, 2.45) is 5.92 Å². The van der Waals surface area contributed by atoms with Crippen molar-refractivity contribution < 1.29 is 9.90 Å². The quantitative estimate of drug-likeness (QED) is 0.916. The van der Waals surface area contributed by atoms with Crippen molar-refractivity contribution in [2.45, 2.75) is 32.4 Å². The molecule has 0 aromatic heterocycles. The Kier molecular flexibility index (Phi) is 4.64. The third-order valence-corrected chi connectivity index (χ3v) is 4.89. The van der Waals surface area contributed by atoms with Crippen LogP contribution in [0.15, 0.2) is 42.5 Å². The number of hydrogen-bond donors (Lipinski definition) is 2. The summed E-state index contributed by atoms with van der Waals surface area (Å²) < 4.78 is 0. The predicted molar refractivity (Wildman–Crippen MR) is 93.4 cm³/mol. The average molecular weight is 312 g/mol. The first-order valence-corrected chi connectivity index (χ1v) is 8.26. The second-order valence-electron chi connectivity index (χ2n) is 6.56. The van der Waals surface area contributed by atoms with Gasteiger partial charge in [-0.15, -0.1) is 0 Å². The summed E-state index contributed by atoms with van der Waals surface area (Å²) in [7, 11) is 0. The number of fused-ring (bicyclic) bond motifs is 1. The second kappa shape index (κ2) is 6.69. The van der Waals surface area contributed by atoms with Gasteiger partial charge < -0.3 is 10.4 Å². The minimum absolute atomic E-state index is 0.0259. The molecule has 3 atom stereocenters. The number of β-amino-alcohol motifs (C(OH)–C–C–N with tert-alkyl or cyclic N) is 1. The van der Waals surface area contributed by atoms with E-state index in [2.05, 4.69) is 23.2 Å². The number of anilines is 1. The van der Waals surface area contributed by atoms with Gasteiger partial charge in [-0.05, 0) is 48.7 Å². The van der Waals surface area contributed by atoms with Crippen molar-refractivity contribution in [3.05, 3.63) is 42.5 Å². The molecule has 122 valence electrons. The zero-order chi connectivity index (χ0) is 16.4. The van der Waals surface area contributed by atoms with Gasteiger partial charge in [0.05, 0.1) is 12.1 Å². The number of rotatable bonds is 3. The molecule has 2 aromatic rings. The number of carbonyl (C=O) groups is 1. The van der Waals surface area contributed by atoms with Crippen molar-refractivity contribution in [1.82, 2.24) is 4.90 Å². The van der Waals surface area contributed by atoms with E-state index in [-0.39, 0.29) is 18.1 Å². The van der Waals surface area contributed by atoms with E-state index in [4.69, 9.17) is 0 Å². The van der Waals surface area contributed by atoms with E-state index in [1.165, 1.54) is 0 Å². The number of nitrogens with one attached hydrogen (secondary N) is 1. The molecule has 4 nitrogen and oxygen atoms in total. The van der Waals surface area contributed by atoms with E-state index in [9.17, 15) is 9.90 Å². The Balaban J connectivity index is 1.67. The Hall–Kier alpha value is -1.91. The molecular formula is C19H24N2O2. The van der Waals surface area contributed by atoms with Crippen LogP contribution in [0.3, 0.4) is 0 Å². The van der Waals surface area contributed by atoms with Crippen LogP contribution in [0.25, 0.3) is 10.8 Å². The normalized spacial score (nSPS) is 23.6. The number of likely N-dealkylation sites (tertiary alicyclic amines) is 1. The number of aliphatic hydroxyl groups is 1. The van der Waals surface area contributed by atoms with Crippen molar-refractivity contribution in [3.63, 3.8) is 0 Å². The Labute approximate surface area is 137 Å². The standard InChI is InChI=1S/C19H24N2O2/c1-13-9-10-21(12-18(13)22)14(2)19(23)20-17-8-7-15-5-3-4-6-16(15)11-17/h3-8,11,13-14,18,22H,9-10,12H2,1-2H3,(H,20,23). The first-order valence-electron chi connectivity index (χ1n) is 8.26. The van der Waals surface area contributed by atoms with Crippen LogP contribution in [-0.2, 0) is 4.79 Å². The SMILES string of the molecule is CC1CCN(C(C)C(=O)Nc2ccc3ccccc3c2)CC1O. The highest BCUT2D eigenvalue weighted by molar-refractivity contribution is 5.97. The predicted octanol–water partition coefficient (Wildman–Crippen LogP) is 2.87. The molecule has 1 fully saturated rings. The highest BCUT2D eigenvalue weighted by atomic mass is 16.3. The van der Waals surface area contributed by atoms with Crippen LogP contribution in [0.1, 0.15) is 20.3 Å². The number of amides is 1. The highest BCUT2D eigenvalue weighted by Gasteiger charge is 2.30. The molecule has 0 aliphatic carbocycles. The number of carbonyl (C=O) groups excluding carboxylic acids is 1. The van der Waals surface area contributed by atoms with Crippen molar-refractivity contribution >= 4 is 22.4 Å². The third kappa shape index (κ3) is 3.54. The zero-order valence-electron chi connectivity index (χ0n) is 13.7. The summed E-state index contributed by atoms with van der Waals surface area (Å²) in [5, 5.41) is 15.3. The summed E-state index contributed by atoms with van der Waals surface area (Å²) in [5.41, 5.74) is 0.812. The van der Waals surface area contributed by atoms with Gasteiger partial charge in [0.15, 0.2) is 0 Å². The summed E-state index contributed by atoms with van der Waals surface area (Å²) in [6.07, 6.45) is 0.578. The maximum Gasteiger partial charge on any atom is 0.241 e. The number of hydrogen-bond acceptors (Lipinski definition) is 3. The molecule has 0 bridgehead atoms. The fourth-order valence-corrected chi connectivity index (χ4v) is 3.10. The lowest BCUT2D eigenvalue weighted by molar-refractivity contribution is -0.122. The number of piperidine rings is 1. The lowest BCUT2D eigenvalue weighted by Gasteiger charge is -2.37. The van der Waals surface area contributed by atoms with Crippen LogP contribution < -0.4 is 5.32 Å². The third-order valence-electron chi connectivity index (χ3n) is 4.89. The summed E-state index contributed by atoms with van der Waals surface area (Å²) >= 11 is 0. The van der Waals surface area contributed by atoms with Crippen molar-refractivity contribution in [3.8, 4) is 0 Å². The monoisotopic (exact) mass is 312 g/mol. The molecule has 0 spiro atoms. The van der Waals surface area contributed by atoms with E-state index in [1.54, 1.807) is 0 Å². The summed E-state index contributed by atoms with van der Waals surface area (Å²) in [6.45, 7) is 5.37. The minimum Gasteiger partial charge on any atom is -0.392 e. The smallest absolute Gasteiger partial charge is 0.241 e. The Morgan fingerprint density at radius 3 is 2.74 bits per heavy atom. The molecule has 1 saturated heterocycles. The maximum absolute atomic E-state index is 12.5. The molecular weight excluding hydrogens is 288 g/mol. The van der Waals surface area contributed by atoms with Gasteiger partial charge in [-0.3, -0.25) is 9.69 Å². The summed E-state index contributed by atoms with van der Waals surface area (Å²) in [5.74, 6) is 0.282. The molecule has 1 heterocycles. The van der Waals surface area contributed by atoms with Gasteiger partial charge in [0.2, 0.25) is 5.91 Å². The molecule has 0 saturated carbocycles. The van der Waals surface area contributed by atoms with Crippen LogP contribution in [0.2, 0.25) is 0 Å². The number of benzene rings is 2. The molecule has 2 aromatic carbocycles. The van der Waals surface area contributed by atoms with Crippen LogP contribution in [0.5, 0.6) is 0 Å². The molecule has 1 aliphatic heterocycles. The number of aliphatic hydroxyl groups excluding tert-OH is 1. The maximum atomic E-state index is 12.5. The van der Waals surface area contributed by atoms with Gasteiger partial charge in [0, 0.05) is 12.2 Å². The lowest BCUT2D eigenvalue weighted by Crippen LogP contribution is -2.50. The Morgan fingerprint density at radius 1 is 1.26 bits per heavy atom. The van der Waals surface area contributed by atoms with Crippen molar-refractivity contribution in [2.75, 3.05) is 18.4 Å². The molecule has 4 heteroatoms. The van der Waals surface area contributed by atoms with E-state index in [0.29, 0.717) is 12.5 Å². The molecule has 1 amide bonds. The van der Waals surface area contributed by atoms with Gasteiger partial charge in [0.1, 0.15) is 0 Å². The van der Waals surface area contributed by atoms with Crippen LogP contribution >= 0.6 is 0 Å². The molecule has 3 rings (SSSR count). The van der Waals surface area contributed by atoms with E-state index in [0.717, 1.165) is 29.4 Å². The van der Waals surface area contributed by atoms with Crippen LogP contribution in [-0.4, -0.2) is 41.1 Å². The first kappa shape index (κ1) is 16.0. The molecule has 1 aliphatic rings. The highest BCUT2D eigenvalue weighted by Crippen LogP contribution is 2.21. The lowest BCUT2D eigenvalue weighted by atomic mass is 9.95. The Morgan fingerprint density at radius 2 is 2.00 bits per heavy atom. The molecule has 23 heavy (non-hydrogen) atoms. The van der Waals surface area contributed by atoms with Gasteiger partial charge in [-0.2, -0.15) is 0 Å². The second-order valence-corrected chi connectivity index (χ2v) is 6.56. The van der Waals surface area contributed by atoms with Crippen molar-refractivity contribution in [1.29, 1.82) is 0 Å². The Bertz CT molecular complexity index is 701. The van der Waals surface area contributed by atoms with E-state index in [1.807, 2.05) is 43.3 Å². The summed E-state index contributed by atoms with van der Waals surface area (Å²) in [4.78, 5) is 14.6. The van der Waals surface area contributed by atoms with E-state index < -0.39 is 0 Å². The van der Waals surface area contributed by atoms with Gasteiger partial charge in [-0.25, -0.2) is 0 Å². The zero-order valence-corrected chi connectivity index (χ0v) is 13.7. The van der Waals surface area contributed by atoms with Crippen LogP contribution in [0, 0.1) is 5.92 Å². The van der Waals surface area contributed by atoms with Gasteiger partial charge >= 0.3 is 0 Å². The van der Waals surface area contributed by atoms with E-state index >= 15 is 0 Å². The van der Waals surface area contributed by atoms with Crippen LogP contribution in [0.4, 0.5) is 5.69 Å². The number of nitrogens with zero attached hydrogens (tertiary/aromatic N) is 1. The largest absolute Gasteiger partial charge is 0.392 e. The molecule has 2 N–H and O–H groups in total. The van der Waals surface area contributed by atoms with Gasteiger partial charge in [-0.1, -0.05) is 37.3 Å². The topological polar surface area (TPSA) is 52.6 Å². The summed E-state index contributed by atoms with van der Waals surface area (Å²) in [6, 6.07) is 13.8. The fraction of sp³-hybridized carbons (Fsp3) is 0.421. The molecule has 3 unspecified atom stereocenters. The average Bonchev–Trinajstić information content (AvgIpc) is 2.56. The fourth-order valence-electron chi connectivity index (χ4n) is 3.10.